The lowest BCUT2D eigenvalue weighted by atomic mass is 10.0. The second kappa shape index (κ2) is 20.6. The number of ether oxygens (including phenoxy) is 3. The number of nitrogens with zero attached hydrogens (tertiary/aromatic N) is 7. The molecule has 0 bridgehead atoms. The number of aromatic amines is 2. The molecule has 0 atom stereocenters. The van der Waals surface area contributed by atoms with Gasteiger partial charge in [0, 0.05) is 88.7 Å². The van der Waals surface area contributed by atoms with Gasteiger partial charge in [0.1, 0.15) is 22.1 Å². The molecule has 2 fully saturated rings. The van der Waals surface area contributed by atoms with E-state index in [4.69, 9.17) is 25.7 Å². The SMILES string of the molecule is CCCCOc1nc(N)c2[nH]cc(Cc3cccc(CN4CCN(C)CC4)c3)c2n1.CCCCOc1nc(N)c2[nH]cc(Cc3cccc(CN4CCOCC4)c3)c2n1. The van der Waals surface area contributed by atoms with Crippen molar-refractivity contribution in [2.45, 2.75) is 65.5 Å². The molecule has 59 heavy (non-hydrogen) atoms. The van der Waals surface area contributed by atoms with Gasteiger partial charge < -0.3 is 40.5 Å². The van der Waals surface area contributed by atoms with Gasteiger partial charge in [-0.3, -0.25) is 9.80 Å². The van der Waals surface area contributed by atoms with E-state index < -0.39 is 0 Å². The highest BCUT2D eigenvalue weighted by molar-refractivity contribution is 5.88. The predicted octanol–water partition coefficient (Wildman–Crippen LogP) is 6.20. The van der Waals surface area contributed by atoms with Gasteiger partial charge >= 0.3 is 12.0 Å². The molecule has 0 amide bonds. The summed E-state index contributed by atoms with van der Waals surface area (Å²) in [6, 6.07) is 18.3. The Kier molecular flexibility index (Phi) is 14.6. The minimum absolute atomic E-state index is 0.352. The van der Waals surface area contributed by atoms with Gasteiger partial charge in [-0.2, -0.15) is 19.9 Å². The van der Waals surface area contributed by atoms with E-state index in [1.807, 2.05) is 12.4 Å². The number of nitrogens with one attached hydrogen (secondary N) is 2. The van der Waals surface area contributed by atoms with Crippen molar-refractivity contribution in [3.05, 3.63) is 94.3 Å². The maximum absolute atomic E-state index is 6.13. The van der Waals surface area contributed by atoms with Crippen LogP contribution in [0.15, 0.2) is 60.9 Å². The number of piperazine rings is 1. The fourth-order valence-corrected chi connectivity index (χ4v) is 7.53. The summed E-state index contributed by atoms with van der Waals surface area (Å²) in [5, 5.41) is 0. The molecule has 6 heterocycles. The quantitative estimate of drug-likeness (QED) is 0.0818. The van der Waals surface area contributed by atoms with Crippen LogP contribution in [0.4, 0.5) is 11.6 Å². The first-order valence-corrected chi connectivity index (χ1v) is 21.2. The van der Waals surface area contributed by atoms with Gasteiger partial charge in [0.25, 0.3) is 0 Å². The Balaban J connectivity index is 0.000000179. The molecule has 2 aromatic carbocycles. The van der Waals surface area contributed by atoms with Gasteiger partial charge in [0.2, 0.25) is 0 Å². The number of benzene rings is 2. The molecule has 2 saturated heterocycles. The summed E-state index contributed by atoms with van der Waals surface area (Å²) in [7, 11) is 2.19. The van der Waals surface area contributed by atoms with Crippen LogP contribution in [-0.2, 0) is 30.7 Å². The van der Waals surface area contributed by atoms with Crippen LogP contribution in [-0.4, -0.2) is 117 Å². The summed E-state index contributed by atoms with van der Waals surface area (Å²) in [4.78, 5) is 31.6. The van der Waals surface area contributed by atoms with E-state index >= 15 is 0 Å². The largest absolute Gasteiger partial charge is 0.463 e. The van der Waals surface area contributed by atoms with Crippen LogP contribution in [0.2, 0.25) is 0 Å². The van der Waals surface area contributed by atoms with Crippen molar-refractivity contribution in [3.63, 3.8) is 0 Å². The first-order valence-electron chi connectivity index (χ1n) is 21.2. The number of nitrogens with two attached hydrogens (primary N) is 2. The van der Waals surface area contributed by atoms with E-state index in [0.29, 0.717) is 36.9 Å². The average molecular weight is 804 g/mol. The highest BCUT2D eigenvalue weighted by atomic mass is 16.5. The molecule has 0 radical (unpaired) electrons. The molecule has 6 aromatic rings. The van der Waals surface area contributed by atoms with Crippen LogP contribution >= 0.6 is 0 Å². The Morgan fingerprint density at radius 1 is 0.627 bits per heavy atom. The van der Waals surface area contributed by atoms with Crippen molar-refractivity contribution in [3.8, 4) is 12.0 Å². The van der Waals surface area contributed by atoms with E-state index in [2.05, 4.69) is 114 Å². The van der Waals surface area contributed by atoms with Crippen LogP contribution in [0, 0.1) is 0 Å². The molecule has 6 N–H and O–H groups in total. The first kappa shape index (κ1) is 41.9. The van der Waals surface area contributed by atoms with E-state index in [9.17, 15) is 0 Å². The zero-order valence-electron chi connectivity index (χ0n) is 35.0. The number of rotatable bonds is 16. The van der Waals surface area contributed by atoms with Gasteiger partial charge in [0.15, 0.2) is 11.6 Å². The average Bonchev–Trinajstić information content (AvgIpc) is 3.84. The number of likely N-dealkylation sites (N-methyl/N-ethyl adjacent to an activating group) is 1. The smallest absolute Gasteiger partial charge is 0.319 e. The Labute approximate surface area is 347 Å². The van der Waals surface area contributed by atoms with Crippen molar-refractivity contribution in [2.75, 3.05) is 84.2 Å². The van der Waals surface area contributed by atoms with Gasteiger partial charge in [-0.1, -0.05) is 75.2 Å². The lowest BCUT2D eigenvalue weighted by Gasteiger charge is -2.32. The Morgan fingerprint density at radius 2 is 1.08 bits per heavy atom. The topological polar surface area (TPSA) is 173 Å². The number of fused-ring (bicyclic) bond motifs is 2. The van der Waals surface area contributed by atoms with Gasteiger partial charge in [0.05, 0.1) is 26.4 Å². The third-order valence-corrected chi connectivity index (χ3v) is 11.0. The van der Waals surface area contributed by atoms with Crippen LogP contribution in [0.25, 0.3) is 22.1 Å². The maximum Gasteiger partial charge on any atom is 0.319 e. The molecule has 314 valence electrons. The fraction of sp³-hybridized carbons (Fsp3) is 0.467. The maximum atomic E-state index is 6.13. The molecule has 2 aliphatic rings. The number of aromatic nitrogens is 6. The summed E-state index contributed by atoms with van der Waals surface area (Å²) < 4.78 is 16.8. The van der Waals surface area contributed by atoms with Gasteiger partial charge in [-0.05, 0) is 42.1 Å². The number of hydrogen-bond acceptors (Lipinski definition) is 12. The fourth-order valence-electron chi connectivity index (χ4n) is 7.53. The molecule has 0 saturated carbocycles. The van der Waals surface area contributed by atoms with Crippen LogP contribution in [0.3, 0.4) is 0 Å². The van der Waals surface area contributed by atoms with E-state index in [0.717, 1.165) is 137 Å². The highest BCUT2D eigenvalue weighted by Crippen LogP contribution is 2.27. The number of morpholine rings is 1. The Morgan fingerprint density at radius 3 is 1.56 bits per heavy atom. The van der Waals surface area contributed by atoms with Gasteiger partial charge in [-0.25, -0.2) is 0 Å². The molecular weight excluding hydrogens is 743 g/mol. The number of H-pyrrole nitrogens is 2. The van der Waals surface area contributed by atoms with Crippen molar-refractivity contribution < 1.29 is 14.2 Å². The summed E-state index contributed by atoms with van der Waals surface area (Å²) >= 11 is 0. The lowest BCUT2D eigenvalue weighted by molar-refractivity contribution is 0.0342. The first-order chi connectivity index (χ1) is 28.8. The molecule has 0 unspecified atom stereocenters. The molecule has 8 rings (SSSR count). The zero-order valence-corrected chi connectivity index (χ0v) is 35.0. The molecule has 2 aliphatic heterocycles. The second-order valence-corrected chi connectivity index (χ2v) is 15.7. The van der Waals surface area contributed by atoms with E-state index in [-0.39, 0.29) is 0 Å². The Hall–Kier alpha value is -5.28. The third-order valence-electron chi connectivity index (χ3n) is 11.0. The van der Waals surface area contributed by atoms with Crippen LogP contribution < -0.4 is 20.9 Å². The summed E-state index contributed by atoms with van der Waals surface area (Å²) in [6.07, 6.45) is 9.60. The number of anilines is 2. The zero-order chi connectivity index (χ0) is 41.0. The molecule has 0 aliphatic carbocycles. The lowest BCUT2D eigenvalue weighted by Crippen LogP contribution is -2.43. The molecule has 14 nitrogen and oxygen atoms in total. The van der Waals surface area contributed by atoms with E-state index in [1.54, 1.807) is 0 Å². The molecular formula is C45H61N11O3. The molecule has 14 heteroatoms. The van der Waals surface area contributed by atoms with Crippen LogP contribution in [0.1, 0.15) is 72.9 Å². The number of nitrogen functional groups attached to an aromatic ring is 2. The second-order valence-electron chi connectivity index (χ2n) is 15.7. The summed E-state index contributed by atoms with van der Waals surface area (Å²) in [5.74, 6) is 0.857. The minimum atomic E-state index is 0.352. The molecule has 0 spiro atoms. The van der Waals surface area contributed by atoms with Crippen LogP contribution in [0.5, 0.6) is 12.0 Å². The number of unbranched alkanes of at least 4 members (excludes halogenated alkanes) is 2. The minimum Gasteiger partial charge on any atom is -0.463 e. The number of hydrogen-bond donors (Lipinski definition) is 4. The van der Waals surface area contributed by atoms with Crippen molar-refractivity contribution in [1.29, 1.82) is 0 Å². The van der Waals surface area contributed by atoms with Crippen molar-refractivity contribution in [1.82, 2.24) is 44.6 Å². The van der Waals surface area contributed by atoms with Crippen molar-refractivity contribution >= 4 is 33.7 Å². The summed E-state index contributed by atoms with van der Waals surface area (Å²) in [6.45, 7) is 15.6. The predicted molar refractivity (Wildman–Crippen MR) is 235 cm³/mol. The summed E-state index contributed by atoms with van der Waals surface area (Å²) in [5.41, 5.74) is 22.9. The molecule has 4 aromatic heterocycles. The monoisotopic (exact) mass is 803 g/mol. The van der Waals surface area contributed by atoms with Crippen molar-refractivity contribution in [2.24, 2.45) is 0 Å². The normalized spacial score (nSPS) is 15.4. The third kappa shape index (κ3) is 11.5. The Bertz CT molecular complexity index is 2240. The van der Waals surface area contributed by atoms with E-state index in [1.165, 1.54) is 22.3 Å². The standard InChI is InChI=1S/C23H32N6O.C22H29N5O2/c1-3-4-12-30-23-26-20-19(15-25-21(20)22(24)27-23)14-17-6-5-7-18(13-17)16-29-10-8-28(2)9-11-29;1-2-3-9-29-22-25-19-18(14-24-20(19)21(23)26-22)13-16-5-4-6-17(12-16)15-27-7-10-28-11-8-27/h5-7,13,15,25H,3-4,8-12,14,16H2,1-2H3,(H2,24,26,27);4-6,12,14,24H,2-3,7-11,13,15H2,1H3,(H2,23,25,26). The van der Waals surface area contributed by atoms with Gasteiger partial charge in [-0.15, -0.1) is 0 Å². The highest BCUT2D eigenvalue weighted by Gasteiger charge is 2.17.